The van der Waals surface area contributed by atoms with Gasteiger partial charge in [-0.1, -0.05) is 94.0 Å². The van der Waals surface area contributed by atoms with Crippen LogP contribution in [0.15, 0.2) is 60.3 Å². The number of nitrogens with zero attached hydrogens (tertiary/aromatic N) is 3. The van der Waals surface area contributed by atoms with Crippen LogP contribution in [-0.2, 0) is 13.5 Å². The lowest BCUT2D eigenvalue weighted by molar-refractivity contribution is 0.702. The summed E-state index contributed by atoms with van der Waals surface area (Å²) in [5, 5.41) is 0.726. The van der Waals surface area contributed by atoms with Crippen molar-refractivity contribution >= 4 is 17.7 Å². The van der Waals surface area contributed by atoms with Gasteiger partial charge in [-0.15, -0.1) is 0 Å². The molecule has 0 radical (unpaired) electrons. The van der Waals surface area contributed by atoms with E-state index in [1.165, 1.54) is 31.3 Å². The largest absolute Gasteiger partial charge is 0.321 e. The summed E-state index contributed by atoms with van der Waals surface area (Å²) in [4.78, 5) is 9.19. The Morgan fingerprint density at radius 1 is 0.912 bits per heavy atom. The lowest BCUT2D eigenvalue weighted by atomic mass is 10.1. The number of rotatable bonds is 5. The summed E-state index contributed by atoms with van der Waals surface area (Å²) in [7, 11) is 2.01. The molecule has 0 saturated carbocycles. The van der Waals surface area contributed by atoms with Crippen molar-refractivity contribution in [2.24, 2.45) is 7.05 Å². The molecular weight excluding hydrogens is 438 g/mol. The van der Waals surface area contributed by atoms with Crippen LogP contribution in [0.3, 0.4) is 0 Å². The Bertz CT molecular complexity index is 1180. The number of benzene rings is 1. The van der Waals surface area contributed by atoms with Crippen LogP contribution in [0.1, 0.15) is 75.8 Å². The molecule has 4 rings (SSSR count). The van der Waals surface area contributed by atoms with E-state index < -0.39 is 0 Å². The van der Waals surface area contributed by atoms with Gasteiger partial charge in [0, 0.05) is 30.3 Å². The van der Waals surface area contributed by atoms with Crippen LogP contribution in [0.5, 0.6) is 0 Å². The fourth-order valence-corrected chi connectivity index (χ4v) is 3.81. The quantitative estimate of drug-likeness (QED) is 0.278. The van der Waals surface area contributed by atoms with Crippen molar-refractivity contribution in [1.82, 2.24) is 14.5 Å². The second-order valence-corrected chi connectivity index (χ2v) is 8.83. The van der Waals surface area contributed by atoms with Gasteiger partial charge < -0.3 is 4.57 Å². The highest BCUT2D eigenvalue weighted by atomic mass is 35.5. The molecule has 176 valence electrons. The average Bonchev–Trinajstić information content (AvgIpc) is 3.03. The lowest BCUT2D eigenvalue weighted by Crippen LogP contribution is -1.95. The first-order valence-corrected chi connectivity index (χ1v) is 12.6. The number of fused-ring (bicyclic) bond motifs is 1. The van der Waals surface area contributed by atoms with E-state index in [0.29, 0.717) is 0 Å². The van der Waals surface area contributed by atoms with Gasteiger partial charge in [-0.2, -0.15) is 0 Å². The summed E-state index contributed by atoms with van der Waals surface area (Å²) in [5.41, 5.74) is 6.37. The molecule has 3 aromatic rings. The van der Waals surface area contributed by atoms with Crippen LogP contribution in [-0.4, -0.2) is 14.5 Å². The Balaban J connectivity index is 0.000000481. The molecule has 0 atom stereocenters. The molecule has 1 aromatic carbocycles. The molecule has 2 aromatic heterocycles. The summed E-state index contributed by atoms with van der Waals surface area (Å²) in [6.45, 7) is 6.63. The highest BCUT2D eigenvalue weighted by Gasteiger charge is 2.12. The van der Waals surface area contributed by atoms with E-state index in [1.54, 1.807) is 0 Å². The molecule has 3 nitrogen and oxygen atoms in total. The predicted octanol–water partition coefficient (Wildman–Crippen LogP) is 8.03. The Morgan fingerprint density at radius 2 is 1.62 bits per heavy atom. The maximum atomic E-state index is 5.95. The predicted molar refractivity (Wildman–Crippen MR) is 145 cm³/mol. The van der Waals surface area contributed by atoms with E-state index >= 15 is 0 Å². The number of allylic oxidation sites excluding steroid dienone is 3. The summed E-state index contributed by atoms with van der Waals surface area (Å²) in [5.74, 6) is 7.05. The van der Waals surface area contributed by atoms with Gasteiger partial charge in [-0.3, -0.25) is 0 Å². The molecule has 0 N–H and O–H groups in total. The second-order valence-electron chi connectivity index (χ2n) is 8.39. The number of hydrogen-bond donors (Lipinski definition) is 0. The number of aromatic nitrogens is 3. The van der Waals surface area contributed by atoms with Crippen molar-refractivity contribution in [3.63, 3.8) is 0 Å². The molecular formula is C30H34ClN3. The molecule has 0 unspecified atom stereocenters. The number of halogens is 1. The Labute approximate surface area is 209 Å². The summed E-state index contributed by atoms with van der Waals surface area (Å²) in [6, 6.07) is 11.7. The van der Waals surface area contributed by atoms with E-state index in [1.807, 2.05) is 54.2 Å². The smallest absolute Gasteiger partial charge is 0.186 e. The second kappa shape index (κ2) is 13.0. The van der Waals surface area contributed by atoms with Gasteiger partial charge in [0.2, 0.25) is 0 Å². The van der Waals surface area contributed by atoms with E-state index in [2.05, 4.69) is 55.8 Å². The van der Waals surface area contributed by atoms with E-state index in [0.717, 1.165) is 51.9 Å². The molecule has 1 aliphatic rings. The molecule has 0 amide bonds. The third-order valence-electron chi connectivity index (χ3n) is 5.84. The van der Waals surface area contributed by atoms with Crippen LogP contribution in [0.2, 0.25) is 5.02 Å². The SMILES string of the molecule is CCC1=CCc2nc(C#Cc3ccc(-c4ccc(Cl)cc4)cn3)n(C)c2C=C1.CCCCCC. The molecule has 34 heavy (non-hydrogen) atoms. The highest BCUT2D eigenvalue weighted by Crippen LogP contribution is 2.21. The average molecular weight is 472 g/mol. The Kier molecular flexibility index (Phi) is 9.74. The van der Waals surface area contributed by atoms with E-state index in [-0.39, 0.29) is 0 Å². The third kappa shape index (κ3) is 6.95. The van der Waals surface area contributed by atoms with Crippen LogP contribution < -0.4 is 0 Å². The number of hydrogen-bond acceptors (Lipinski definition) is 2. The normalized spacial score (nSPS) is 12.0. The van der Waals surface area contributed by atoms with Crippen molar-refractivity contribution in [2.75, 3.05) is 0 Å². The van der Waals surface area contributed by atoms with Gasteiger partial charge >= 0.3 is 0 Å². The molecule has 0 aliphatic heterocycles. The molecule has 0 fully saturated rings. The van der Waals surface area contributed by atoms with Crippen molar-refractivity contribution in [1.29, 1.82) is 0 Å². The van der Waals surface area contributed by atoms with E-state index in [9.17, 15) is 0 Å². The summed E-state index contributed by atoms with van der Waals surface area (Å²) < 4.78 is 2.05. The lowest BCUT2D eigenvalue weighted by Gasteiger charge is -2.01. The van der Waals surface area contributed by atoms with Crippen LogP contribution in [0.25, 0.3) is 17.2 Å². The Hall–Kier alpha value is -3.09. The molecule has 4 heteroatoms. The van der Waals surface area contributed by atoms with Gasteiger partial charge in [-0.25, -0.2) is 9.97 Å². The Morgan fingerprint density at radius 3 is 2.24 bits per heavy atom. The molecule has 1 aliphatic carbocycles. The number of imidazole rings is 1. The minimum atomic E-state index is 0.722. The topological polar surface area (TPSA) is 30.7 Å². The van der Waals surface area contributed by atoms with Gasteiger partial charge in [0.05, 0.1) is 11.4 Å². The standard InChI is InChI=1S/C24H20ClN3.C6H14/c1-3-17-4-13-22-23(14-5-17)28(2)24(27-22)15-12-21-11-8-19(16-26-21)18-6-9-20(25)10-7-18;1-3-5-6-4-2/h4-11,14,16H,3,13H2,1-2H3;3-6H2,1-2H3. The minimum absolute atomic E-state index is 0.722. The van der Waals surface area contributed by atoms with E-state index in [4.69, 9.17) is 16.6 Å². The molecule has 2 heterocycles. The number of pyridine rings is 1. The zero-order chi connectivity index (χ0) is 24.3. The summed E-state index contributed by atoms with van der Waals surface area (Å²) >= 11 is 5.95. The van der Waals surface area contributed by atoms with Crippen LogP contribution in [0.4, 0.5) is 0 Å². The van der Waals surface area contributed by atoms with Crippen LogP contribution in [0, 0.1) is 11.8 Å². The fourth-order valence-electron chi connectivity index (χ4n) is 3.68. The van der Waals surface area contributed by atoms with Gasteiger partial charge in [0.1, 0.15) is 5.69 Å². The first kappa shape index (κ1) is 25.5. The first-order valence-electron chi connectivity index (χ1n) is 12.2. The third-order valence-corrected chi connectivity index (χ3v) is 6.09. The van der Waals surface area contributed by atoms with Crippen molar-refractivity contribution < 1.29 is 0 Å². The molecule has 0 bridgehead atoms. The van der Waals surface area contributed by atoms with Gasteiger partial charge in [0.25, 0.3) is 0 Å². The fraction of sp³-hybridized carbons (Fsp3) is 0.333. The van der Waals surface area contributed by atoms with Crippen LogP contribution >= 0.6 is 11.6 Å². The highest BCUT2D eigenvalue weighted by molar-refractivity contribution is 6.30. The zero-order valence-electron chi connectivity index (χ0n) is 20.7. The maximum Gasteiger partial charge on any atom is 0.186 e. The first-order chi connectivity index (χ1) is 16.5. The van der Waals surface area contributed by atoms with Crippen molar-refractivity contribution in [3.05, 3.63) is 88.2 Å². The van der Waals surface area contributed by atoms with Crippen molar-refractivity contribution in [2.45, 2.75) is 59.3 Å². The monoisotopic (exact) mass is 471 g/mol. The molecule has 0 saturated heterocycles. The maximum absolute atomic E-state index is 5.95. The summed E-state index contributed by atoms with van der Waals surface area (Å²) in [6.07, 6.45) is 15.8. The minimum Gasteiger partial charge on any atom is -0.321 e. The van der Waals surface area contributed by atoms with Gasteiger partial charge in [-0.05, 0) is 48.1 Å². The molecule has 0 spiro atoms. The van der Waals surface area contributed by atoms with Gasteiger partial charge in [0.15, 0.2) is 5.82 Å². The number of unbranched alkanes of at least 4 members (excludes halogenated alkanes) is 3. The van der Waals surface area contributed by atoms with Crippen molar-refractivity contribution in [3.8, 4) is 23.0 Å². The zero-order valence-corrected chi connectivity index (χ0v) is 21.5.